The number of hydrogen-bond donors (Lipinski definition) is 0. The normalized spacial score (nSPS) is 30.2. The molecule has 19 heteroatoms. The summed E-state index contributed by atoms with van der Waals surface area (Å²) in [6.45, 7) is -2.72. The van der Waals surface area contributed by atoms with Gasteiger partial charge in [-0.2, -0.15) is 16.8 Å². The van der Waals surface area contributed by atoms with Crippen LogP contribution in [0.4, 0.5) is 14.4 Å². The largest absolute Gasteiger partial charge is 0.509 e. The lowest BCUT2D eigenvalue weighted by atomic mass is 10.2. The maximum Gasteiger partial charge on any atom is 0.509 e. The van der Waals surface area contributed by atoms with Gasteiger partial charge >= 0.3 is 39.3 Å². The second-order valence-electron chi connectivity index (χ2n) is 6.13. The van der Waals surface area contributed by atoms with E-state index in [1.807, 2.05) is 0 Å². The van der Waals surface area contributed by atoms with Gasteiger partial charge < -0.3 is 28.4 Å². The van der Waals surface area contributed by atoms with Crippen LogP contribution in [0.3, 0.4) is 0 Å². The van der Waals surface area contributed by atoms with Crippen LogP contribution < -0.4 is 0 Å². The van der Waals surface area contributed by atoms with E-state index < -0.39 is 90.1 Å². The number of ether oxygens (including phenoxy) is 6. The molecule has 0 saturated carbocycles. The Kier molecular flexibility index (Phi) is 7.56. The lowest BCUT2D eigenvalue weighted by molar-refractivity contribution is -0.0172. The van der Waals surface area contributed by atoms with Crippen molar-refractivity contribution >= 4 is 39.3 Å². The predicted molar refractivity (Wildman–Crippen MR) is 89.2 cm³/mol. The van der Waals surface area contributed by atoms with E-state index in [-0.39, 0.29) is 13.2 Å². The Morgan fingerprint density at radius 3 is 1.44 bits per heavy atom. The molecule has 3 fully saturated rings. The van der Waals surface area contributed by atoms with Crippen molar-refractivity contribution in [1.29, 1.82) is 0 Å². The first-order chi connectivity index (χ1) is 15.0. The molecule has 0 aromatic rings. The Morgan fingerprint density at radius 1 is 0.719 bits per heavy atom. The zero-order valence-electron chi connectivity index (χ0n) is 15.8. The van der Waals surface area contributed by atoms with E-state index in [2.05, 4.69) is 26.2 Å². The summed E-state index contributed by atoms with van der Waals surface area (Å²) in [6, 6.07) is 0. The molecule has 17 nitrogen and oxygen atoms in total. The zero-order valence-corrected chi connectivity index (χ0v) is 17.4. The molecule has 3 aliphatic heterocycles. The minimum atomic E-state index is -4.11. The van der Waals surface area contributed by atoms with Gasteiger partial charge in [-0.05, 0) is 0 Å². The molecule has 0 spiro atoms. The Bertz CT molecular complexity index is 852. The van der Waals surface area contributed by atoms with Crippen molar-refractivity contribution in [2.75, 3.05) is 39.6 Å². The molecule has 0 aromatic heterocycles. The van der Waals surface area contributed by atoms with Gasteiger partial charge in [-0.25, -0.2) is 31.1 Å². The van der Waals surface area contributed by atoms with Crippen LogP contribution in [0.5, 0.6) is 0 Å². The van der Waals surface area contributed by atoms with Gasteiger partial charge in [0.25, 0.3) is 0 Å². The Balaban J connectivity index is 1.34. The molecule has 0 radical (unpaired) electrons. The number of rotatable bonds is 8. The fourth-order valence-electron chi connectivity index (χ4n) is 2.33. The van der Waals surface area contributed by atoms with Gasteiger partial charge in [0.05, 0.1) is 13.2 Å². The average molecular weight is 508 g/mol. The van der Waals surface area contributed by atoms with Crippen molar-refractivity contribution in [3.8, 4) is 0 Å². The maximum absolute atomic E-state index is 11.6. The van der Waals surface area contributed by atoms with Crippen LogP contribution in [0.15, 0.2) is 0 Å². The number of hydrogen-bond acceptors (Lipinski definition) is 17. The molecule has 3 rings (SSSR count). The van der Waals surface area contributed by atoms with E-state index in [1.165, 1.54) is 0 Å². The molecule has 0 bridgehead atoms. The standard InChI is InChI=1S/C13H16O17S2/c14-11(21-1-7-3-25-31(17,18)29-7)23-5-9-10(28-13(16)27-9)6-24-12(15)22-2-8-4-26-32(19,20)30-8/h7-10H,1-6H2. The topological polar surface area (TPSA) is 212 Å². The summed E-state index contributed by atoms with van der Waals surface area (Å²) in [4.78, 5) is 34.5. The molecule has 0 N–H and O–H groups in total. The van der Waals surface area contributed by atoms with E-state index in [4.69, 9.17) is 18.9 Å². The van der Waals surface area contributed by atoms with Crippen molar-refractivity contribution in [2.24, 2.45) is 0 Å². The monoisotopic (exact) mass is 508 g/mol. The number of carbonyl (C=O) groups excluding carboxylic acids is 3. The number of cyclic esters (lactones) is 2. The molecule has 0 aliphatic carbocycles. The van der Waals surface area contributed by atoms with Crippen molar-refractivity contribution in [2.45, 2.75) is 24.4 Å². The van der Waals surface area contributed by atoms with Crippen LogP contribution >= 0.6 is 0 Å². The van der Waals surface area contributed by atoms with Gasteiger partial charge in [0.1, 0.15) is 38.6 Å². The van der Waals surface area contributed by atoms with Gasteiger partial charge in [-0.1, -0.05) is 0 Å². The van der Waals surface area contributed by atoms with Gasteiger partial charge in [0.2, 0.25) is 0 Å². The lowest BCUT2D eigenvalue weighted by Crippen LogP contribution is -2.34. The quantitative estimate of drug-likeness (QED) is 0.270. The molecule has 0 aromatic carbocycles. The van der Waals surface area contributed by atoms with E-state index in [0.29, 0.717) is 0 Å². The zero-order chi connectivity index (χ0) is 23.4. The summed E-state index contributed by atoms with van der Waals surface area (Å²) >= 11 is 0. The molecular formula is C13H16O17S2. The van der Waals surface area contributed by atoms with Gasteiger partial charge in [0.15, 0.2) is 12.2 Å². The van der Waals surface area contributed by atoms with Crippen molar-refractivity contribution < 1.29 is 76.4 Å². The minimum Gasteiger partial charge on any atom is -0.431 e. The summed E-state index contributed by atoms with van der Waals surface area (Å²) in [5.74, 6) is 0. The van der Waals surface area contributed by atoms with Crippen LogP contribution in [0, 0.1) is 0 Å². The fourth-order valence-corrected chi connectivity index (χ4v) is 3.97. The Labute approximate surface area is 180 Å². The Morgan fingerprint density at radius 2 is 1.09 bits per heavy atom. The SMILES string of the molecule is O=C(OCC1COS(=O)(=O)O1)OCC1OC(=O)OC1COC(=O)OCC1COS(=O)(=O)O1. The van der Waals surface area contributed by atoms with Gasteiger partial charge in [-0.15, -0.1) is 0 Å². The van der Waals surface area contributed by atoms with Crippen molar-refractivity contribution in [3.63, 3.8) is 0 Å². The maximum atomic E-state index is 11.6. The van der Waals surface area contributed by atoms with E-state index >= 15 is 0 Å². The molecule has 3 saturated heterocycles. The van der Waals surface area contributed by atoms with E-state index in [0.717, 1.165) is 0 Å². The summed E-state index contributed by atoms with van der Waals surface area (Å²) in [5.41, 5.74) is 0. The lowest BCUT2D eigenvalue weighted by Gasteiger charge is -2.16. The van der Waals surface area contributed by atoms with Crippen LogP contribution in [0.1, 0.15) is 0 Å². The molecule has 4 unspecified atom stereocenters. The summed E-state index contributed by atoms with van der Waals surface area (Å²) < 4.78 is 89.6. The van der Waals surface area contributed by atoms with Crippen LogP contribution in [0.25, 0.3) is 0 Å². The Hall–Kier alpha value is -2.45. The predicted octanol–water partition coefficient (Wildman–Crippen LogP) is -1.48. The van der Waals surface area contributed by atoms with Crippen LogP contribution in [0.2, 0.25) is 0 Å². The molecule has 3 aliphatic rings. The molecule has 4 atom stereocenters. The summed E-state index contributed by atoms with van der Waals surface area (Å²) in [7, 11) is -8.22. The molecule has 3 heterocycles. The first-order valence-electron chi connectivity index (χ1n) is 8.63. The van der Waals surface area contributed by atoms with E-state index in [1.54, 1.807) is 0 Å². The second-order valence-corrected chi connectivity index (χ2v) is 8.62. The third-order valence-corrected chi connectivity index (χ3v) is 5.58. The highest BCUT2D eigenvalue weighted by molar-refractivity contribution is 7.82. The van der Waals surface area contributed by atoms with E-state index in [9.17, 15) is 31.2 Å². The molecule has 0 amide bonds. The smallest absolute Gasteiger partial charge is 0.431 e. The number of carbonyl (C=O) groups is 3. The highest BCUT2D eigenvalue weighted by Gasteiger charge is 2.39. The fraction of sp³-hybridized carbons (Fsp3) is 0.769. The average Bonchev–Trinajstić information content (AvgIpc) is 3.37. The van der Waals surface area contributed by atoms with Crippen LogP contribution in [-0.2, 0) is 66.0 Å². The highest BCUT2D eigenvalue weighted by atomic mass is 32.3. The first-order valence-corrected chi connectivity index (χ1v) is 11.3. The second kappa shape index (κ2) is 10.0. The van der Waals surface area contributed by atoms with Crippen molar-refractivity contribution in [3.05, 3.63) is 0 Å². The minimum absolute atomic E-state index is 0.338. The summed E-state index contributed by atoms with van der Waals surface area (Å²) in [5, 5.41) is 0. The third kappa shape index (κ3) is 7.31. The third-order valence-electron chi connectivity index (χ3n) is 3.72. The van der Waals surface area contributed by atoms with Crippen molar-refractivity contribution in [1.82, 2.24) is 0 Å². The van der Waals surface area contributed by atoms with Gasteiger partial charge in [0, 0.05) is 0 Å². The molecular weight excluding hydrogens is 492 g/mol. The summed E-state index contributed by atoms with van der Waals surface area (Å²) in [6.07, 6.45) is -7.96. The highest BCUT2D eigenvalue weighted by Crippen LogP contribution is 2.18. The molecule has 32 heavy (non-hydrogen) atoms. The molecule has 182 valence electrons. The van der Waals surface area contributed by atoms with Gasteiger partial charge in [-0.3, -0.25) is 0 Å². The van der Waals surface area contributed by atoms with Crippen LogP contribution in [-0.4, -0.2) is 99.4 Å². The first kappa shape index (κ1) is 24.2.